The molecule has 0 spiro atoms. The van der Waals surface area contributed by atoms with Gasteiger partial charge in [0.15, 0.2) is 0 Å². The fourth-order valence-electron chi connectivity index (χ4n) is 16.0. The lowest BCUT2D eigenvalue weighted by atomic mass is 9.99. The van der Waals surface area contributed by atoms with Gasteiger partial charge in [-0.2, -0.15) is 0 Å². The van der Waals surface area contributed by atoms with Crippen LogP contribution in [0.2, 0.25) is 0 Å². The normalized spacial score (nSPS) is 12.4. The molecule has 105 heavy (non-hydrogen) atoms. The van der Waals surface area contributed by atoms with E-state index < -0.39 is 0 Å². The molecule has 0 fully saturated rings. The number of nitrogens with zero attached hydrogens (tertiary/aromatic N) is 10. The van der Waals surface area contributed by atoms with Crippen LogP contribution in [-0.4, -0.2) is 49.8 Å². The molecule has 0 aliphatic heterocycles. The zero-order valence-electron chi connectivity index (χ0n) is 62.9. The Morgan fingerprint density at radius 3 is 1.25 bits per heavy atom. The highest BCUT2D eigenvalue weighted by atomic mass is 14.8. The summed E-state index contributed by atoms with van der Waals surface area (Å²) in [5.41, 5.74) is 53.9. The molecular weight excluding hydrogens is 1280 g/mol. The average molecular weight is 1370 g/mol. The number of rotatable bonds is 0. The summed E-state index contributed by atoms with van der Waals surface area (Å²) in [7, 11) is 0. The van der Waals surface area contributed by atoms with Gasteiger partial charge in [0.2, 0.25) is 0 Å². The van der Waals surface area contributed by atoms with E-state index in [1.54, 1.807) is 0 Å². The third-order valence-corrected chi connectivity index (χ3v) is 21.5. The van der Waals surface area contributed by atoms with Gasteiger partial charge in [-0.25, -0.2) is 0 Å². The van der Waals surface area contributed by atoms with Gasteiger partial charge in [-0.05, 0) is 291 Å². The lowest BCUT2D eigenvalue weighted by Gasteiger charge is -2.05. The Morgan fingerprint density at radius 1 is 0.219 bits per heavy atom. The molecule has 21 rings (SSSR count). The zero-order chi connectivity index (χ0) is 72.9. The van der Waals surface area contributed by atoms with E-state index in [4.69, 9.17) is 0 Å². The van der Waals surface area contributed by atoms with E-state index in [-0.39, 0.29) is 0 Å². The topological polar surface area (TPSA) is 129 Å². The van der Waals surface area contributed by atoms with Crippen molar-refractivity contribution in [1.29, 1.82) is 0 Å². The van der Waals surface area contributed by atoms with Crippen LogP contribution in [0.1, 0.15) is 157 Å². The molecule has 0 radical (unpaired) electrons. The molecule has 7 aliphatic carbocycles. The molecule has 0 bridgehead atoms. The minimum absolute atomic E-state index is 0.977. The monoisotopic (exact) mass is 1370 g/mol. The third kappa shape index (κ3) is 14.0. The minimum Gasteiger partial charge on any atom is -0.264 e. The summed E-state index contributed by atoms with van der Waals surface area (Å²) in [5.74, 6) is 0. The van der Waals surface area contributed by atoms with Crippen molar-refractivity contribution in [2.24, 2.45) is 0 Å². The van der Waals surface area contributed by atoms with Gasteiger partial charge in [0.1, 0.15) is 0 Å². The Balaban J connectivity index is 0.0000000983. The predicted octanol–water partition coefficient (Wildman–Crippen LogP) is 21.1. The highest BCUT2D eigenvalue weighted by Crippen LogP contribution is 2.43. The van der Waals surface area contributed by atoms with Gasteiger partial charge >= 0.3 is 0 Å². The van der Waals surface area contributed by atoms with Crippen LogP contribution in [-0.2, 0) is 44.9 Å². The average Bonchev–Trinajstić information content (AvgIpc) is 1.64. The molecule has 10 heterocycles. The lowest BCUT2D eigenvalue weighted by Crippen LogP contribution is -1.90. The maximum atomic E-state index is 4.57. The summed E-state index contributed by atoms with van der Waals surface area (Å²) >= 11 is 0. The highest BCUT2D eigenvalue weighted by Gasteiger charge is 2.28. The number of hydrogen-bond acceptors (Lipinski definition) is 10. The van der Waals surface area contributed by atoms with Crippen molar-refractivity contribution in [2.75, 3.05) is 0 Å². The number of fused-ring (bicyclic) bond motifs is 21. The molecule has 0 unspecified atom stereocenters. The minimum atomic E-state index is 0.977. The molecule has 0 saturated heterocycles. The van der Waals surface area contributed by atoms with E-state index in [9.17, 15) is 0 Å². The first-order chi connectivity index (χ1) is 50.8. The number of hydrogen-bond donors (Lipinski definition) is 0. The first kappa shape index (κ1) is 69.1. The molecule has 10 nitrogen and oxygen atoms in total. The van der Waals surface area contributed by atoms with E-state index in [1.165, 1.54) is 184 Å². The van der Waals surface area contributed by atoms with E-state index in [1.807, 2.05) is 76.4 Å². The standard InChI is InChI=1S/4C14H13N.3C13H12N2/c1-9-5-10(2)13-7-11-8-15-4-3-12(11)14(13)6-9;1-9-3-4-11-7-14-13(12(11)5-9)6-10(2)8-15-14;1-9-6-13-11-5-3-4-10(2)12(11)7-14(13)15-8-9;1-9-6-10(2)12-8-14-11(13(12)7-9)4-3-5-15-14;1-8-3-5-14-12-10(8)7-11-9(2)4-6-15-13(11)12;1-8-3-5-10-7-11-6-4-9(2)15-13(11)12(10)14-8;1-8-5-6-14-13-11(8)7-10-4-3-9(2)15-12(10)13/h3*3-6,8H,7H2,1-2H3;3-7H,8H2,1-2H3;3*3-6H,7H2,1-2H3. The van der Waals surface area contributed by atoms with E-state index >= 15 is 0 Å². The van der Waals surface area contributed by atoms with Crippen LogP contribution in [0.4, 0.5) is 0 Å². The second kappa shape index (κ2) is 28.9. The molecule has 0 N–H and O–H groups in total. The Bertz CT molecular complexity index is 5280. The second-order valence-electron chi connectivity index (χ2n) is 29.5. The predicted molar refractivity (Wildman–Crippen MR) is 427 cm³/mol. The fourth-order valence-corrected chi connectivity index (χ4v) is 16.0. The number of aryl methyl sites for hydroxylation is 14. The van der Waals surface area contributed by atoms with Crippen molar-refractivity contribution in [3.63, 3.8) is 0 Å². The summed E-state index contributed by atoms with van der Waals surface area (Å²) in [4.78, 5) is 44.7. The molecule has 10 heteroatoms. The van der Waals surface area contributed by atoms with Crippen molar-refractivity contribution in [3.05, 3.63) is 352 Å². The van der Waals surface area contributed by atoms with Crippen molar-refractivity contribution in [2.45, 2.75) is 142 Å². The van der Waals surface area contributed by atoms with Crippen LogP contribution >= 0.6 is 0 Å². The fraction of sp³-hybridized carbons (Fsp3) is 0.221. The van der Waals surface area contributed by atoms with Crippen LogP contribution in [0.25, 0.3) is 78.7 Å². The third-order valence-electron chi connectivity index (χ3n) is 21.5. The second-order valence-corrected chi connectivity index (χ2v) is 29.5. The SMILES string of the molecule is Cc1cc(C)c2c(c1)-c1cccnc1C2.Cc1cc(C)c2c(c1)-c1ccncc1C2.Cc1ccc2c(c1)-c1cc(C)cnc1C2.Cc1ccc2c(n1)-c1nc(C)ccc1C2.Cc1ccc2c(n1)-c1nccc(C)c1C2.Cc1ccnc2c1Cc1c(C)ccnc1-2.Cc1cnc2c(c1)-c1cccc(C)c1C2. The van der Waals surface area contributed by atoms with Gasteiger partial charge in [0.05, 0.1) is 51.2 Å². The van der Waals surface area contributed by atoms with Crippen LogP contribution in [0.15, 0.2) is 195 Å². The zero-order valence-corrected chi connectivity index (χ0v) is 62.9. The molecule has 10 aromatic heterocycles. The number of aromatic nitrogens is 10. The van der Waals surface area contributed by atoms with Crippen LogP contribution in [0.5, 0.6) is 0 Å². The molecule has 4 aromatic carbocycles. The van der Waals surface area contributed by atoms with E-state index in [0.717, 1.165) is 96.2 Å². The van der Waals surface area contributed by atoms with Crippen molar-refractivity contribution >= 4 is 0 Å². The quantitative estimate of drug-likeness (QED) is 0.145. The largest absolute Gasteiger partial charge is 0.264 e. The van der Waals surface area contributed by atoms with Crippen LogP contribution in [0, 0.1) is 96.9 Å². The van der Waals surface area contributed by atoms with Gasteiger partial charge in [-0.1, -0.05) is 102 Å². The molecular formula is C95H88N10. The number of pyridine rings is 10. The maximum Gasteiger partial charge on any atom is 0.0927 e. The van der Waals surface area contributed by atoms with Gasteiger partial charge in [-0.15, -0.1) is 0 Å². The van der Waals surface area contributed by atoms with E-state index in [2.05, 4.69) is 266 Å². The Labute approximate surface area is 618 Å². The summed E-state index contributed by atoms with van der Waals surface area (Å²) in [6, 6.07) is 52.0. The molecule has 0 saturated carbocycles. The molecule has 518 valence electrons. The Kier molecular flexibility index (Phi) is 19.0. The van der Waals surface area contributed by atoms with Crippen molar-refractivity contribution < 1.29 is 0 Å². The summed E-state index contributed by atoms with van der Waals surface area (Å²) in [5, 5.41) is 0. The summed E-state index contributed by atoms with van der Waals surface area (Å²) in [6.07, 6.45) is 22.3. The molecule has 0 atom stereocenters. The van der Waals surface area contributed by atoms with Crippen molar-refractivity contribution in [3.8, 4) is 78.7 Å². The van der Waals surface area contributed by atoms with E-state index in [0.29, 0.717) is 0 Å². The molecule has 14 aromatic rings. The van der Waals surface area contributed by atoms with Gasteiger partial charge in [-0.3, -0.25) is 49.8 Å². The lowest BCUT2D eigenvalue weighted by molar-refractivity contribution is 1.10. The van der Waals surface area contributed by atoms with Gasteiger partial charge < -0.3 is 0 Å². The Morgan fingerprint density at radius 2 is 0.657 bits per heavy atom. The maximum absolute atomic E-state index is 4.57. The van der Waals surface area contributed by atoms with Gasteiger partial charge in [0, 0.05) is 128 Å². The first-order valence-corrected chi connectivity index (χ1v) is 36.7. The summed E-state index contributed by atoms with van der Waals surface area (Å²) < 4.78 is 0. The van der Waals surface area contributed by atoms with Crippen LogP contribution < -0.4 is 0 Å². The smallest absolute Gasteiger partial charge is 0.0927 e. The molecule has 7 aliphatic rings. The summed E-state index contributed by atoms with van der Waals surface area (Å²) in [6.45, 7) is 29.7. The van der Waals surface area contributed by atoms with Crippen LogP contribution in [0.3, 0.4) is 0 Å². The first-order valence-electron chi connectivity index (χ1n) is 36.7. The highest BCUT2D eigenvalue weighted by molar-refractivity contribution is 5.81. The van der Waals surface area contributed by atoms with Crippen molar-refractivity contribution in [1.82, 2.24) is 49.8 Å². The number of benzene rings is 4. The van der Waals surface area contributed by atoms with Gasteiger partial charge in [0.25, 0.3) is 0 Å². The Hall–Kier alpha value is -11.6. The molecule has 0 amide bonds.